The van der Waals surface area contributed by atoms with Gasteiger partial charge in [-0.2, -0.15) is 0 Å². The number of nitro groups is 1. The van der Waals surface area contributed by atoms with Crippen LogP contribution in [0, 0.1) is 10.1 Å². The molecule has 0 atom stereocenters. The van der Waals surface area contributed by atoms with Crippen molar-refractivity contribution >= 4 is 16.6 Å². The summed E-state index contributed by atoms with van der Waals surface area (Å²) in [6, 6.07) is 4.23. The first-order chi connectivity index (χ1) is 12.8. The third-order valence-electron chi connectivity index (χ3n) is 4.07. The molecule has 0 saturated heterocycles. The minimum absolute atomic E-state index is 0.0481. The van der Waals surface area contributed by atoms with E-state index in [9.17, 15) is 14.9 Å². The topological polar surface area (TPSA) is 94.5 Å². The summed E-state index contributed by atoms with van der Waals surface area (Å²) in [4.78, 5) is 25.3. The Kier molecular flexibility index (Phi) is 6.76. The van der Waals surface area contributed by atoms with E-state index in [1.807, 2.05) is 13.0 Å². The van der Waals surface area contributed by atoms with Crippen molar-refractivity contribution in [1.82, 2.24) is 4.98 Å². The molecule has 7 nitrogen and oxygen atoms in total. The van der Waals surface area contributed by atoms with Crippen molar-refractivity contribution in [1.29, 1.82) is 0 Å². The number of fused-ring (bicyclic) bond motifs is 1. The van der Waals surface area contributed by atoms with Crippen LogP contribution in [0.2, 0.25) is 0 Å². The van der Waals surface area contributed by atoms with E-state index in [0.29, 0.717) is 10.9 Å². The molecule has 2 rings (SSSR count). The Labute approximate surface area is 157 Å². The van der Waals surface area contributed by atoms with Crippen molar-refractivity contribution in [2.45, 2.75) is 33.6 Å². The van der Waals surface area contributed by atoms with Gasteiger partial charge in [0.15, 0.2) is 5.75 Å². The maximum absolute atomic E-state index is 12.2. The summed E-state index contributed by atoms with van der Waals surface area (Å²) in [6.45, 7) is 6.43. The van der Waals surface area contributed by atoms with Gasteiger partial charge in [-0.05, 0) is 45.8 Å². The molecule has 27 heavy (non-hydrogen) atoms. The first-order valence-corrected chi connectivity index (χ1v) is 8.63. The Morgan fingerprint density at radius 2 is 1.96 bits per heavy atom. The summed E-state index contributed by atoms with van der Waals surface area (Å²) in [5, 5.41) is 11.5. The molecule has 0 saturated carbocycles. The maximum Gasteiger partial charge on any atom is 0.294 e. The number of nitro benzene ring substituents is 1. The van der Waals surface area contributed by atoms with E-state index >= 15 is 0 Å². The highest BCUT2D eigenvalue weighted by molar-refractivity contribution is 5.88. The highest BCUT2D eigenvalue weighted by atomic mass is 16.6. The summed E-state index contributed by atoms with van der Waals surface area (Å²) >= 11 is 0. The van der Waals surface area contributed by atoms with E-state index in [1.165, 1.54) is 30.4 Å². The molecule has 0 aliphatic carbocycles. The minimum atomic E-state index is -0.513. The number of rotatable bonds is 8. The Hall–Kier alpha value is -3.09. The SMILES string of the molecule is COc1c(OCC=C(C)CCC=C(C)C)c2ccc([N+](=O)[O-])cc2[nH]c1=O. The number of non-ortho nitro benzene ring substituents is 1. The number of pyridine rings is 1. The average Bonchev–Trinajstić information content (AvgIpc) is 2.60. The number of methoxy groups -OCH3 is 1. The second-order valence-electron chi connectivity index (χ2n) is 6.49. The predicted octanol–water partition coefficient (Wildman–Crippen LogP) is 4.52. The molecule has 0 radical (unpaired) electrons. The quantitative estimate of drug-likeness (QED) is 0.418. The van der Waals surface area contributed by atoms with Gasteiger partial charge in [0.25, 0.3) is 11.2 Å². The van der Waals surface area contributed by atoms with Crippen LogP contribution in [0.25, 0.3) is 10.9 Å². The van der Waals surface area contributed by atoms with Gasteiger partial charge >= 0.3 is 0 Å². The molecule has 1 N–H and O–H groups in total. The monoisotopic (exact) mass is 372 g/mol. The molecule has 0 unspecified atom stereocenters. The first-order valence-electron chi connectivity index (χ1n) is 8.63. The number of nitrogens with one attached hydrogen (secondary N) is 1. The van der Waals surface area contributed by atoms with Gasteiger partial charge < -0.3 is 14.5 Å². The summed E-state index contributed by atoms with van der Waals surface area (Å²) in [5.41, 5.74) is 2.19. The molecule has 1 heterocycles. The molecule has 0 aliphatic rings. The van der Waals surface area contributed by atoms with Crippen molar-refractivity contribution in [2.75, 3.05) is 13.7 Å². The van der Waals surface area contributed by atoms with Crippen LogP contribution in [0.5, 0.6) is 11.5 Å². The third-order valence-corrected chi connectivity index (χ3v) is 4.07. The molecule has 0 aliphatic heterocycles. The second-order valence-corrected chi connectivity index (χ2v) is 6.49. The second kappa shape index (κ2) is 9.02. The molecule has 0 amide bonds. The zero-order chi connectivity index (χ0) is 20.0. The van der Waals surface area contributed by atoms with E-state index in [-0.39, 0.29) is 23.8 Å². The first kappa shape index (κ1) is 20.2. The zero-order valence-corrected chi connectivity index (χ0v) is 16.0. The molecule has 2 aromatic rings. The number of aromatic amines is 1. The van der Waals surface area contributed by atoms with Crippen molar-refractivity contribution < 1.29 is 14.4 Å². The molecule has 0 fully saturated rings. The van der Waals surface area contributed by atoms with Crippen LogP contribution < -0.4 is 15.0 Å². The molecule has 144 valence electrons. The molecular formula is C20H24N2O5. The Morgan fingerprint density at radius 3 is 2.59 bits per heavy atom. The van der Waals surface area contributed by atoms with Crippen LogP contribution in [0.3, 0.4) is 0 Å². The van der Waals surface area contributed by atoms with E-state index in [0.717, 1.165) is 12.8 Å². The Morgan fingerprint density at radius 1 is 1.22 bits per heavy atom. The van der Waals surface area contributed by atoms with E-state index in [2.05, 4.69) is 24.9 Å². The number of allylic oxidation sites excluding steroid dienone is 3. The number of aromatic nitrogens is 1. The normalized spacial score (nSPS) is 11.3. The fourth-order valence-electron chi connectivity index (χ4n) is 2.64. The summed E-state index contributed by atoms with van der Waals surface area (Å²) in [7, 11) is 1.38. The van der Waals surface area contributed by atoms with Gasteiger partial charge in [0.1, 0.15) is 6.61 Å². The number of hydrogen-bond acceptors (Lipinski definition) is 5. The zero-order valence-electron chi connectivity index (χ0n) is 16.0. The summed E-state index contributed by atoms with van der Waals surface area (Å²) in [5.74, 6) is 0.325. The van der Waals surface area contributed by atoms with Gasteiger partial charge in [-0.3, -0.25) is 14.9 Å². The largest absolute Gasteiger partial charge is 0.488 e. The van der Waals surface area contributed by atoms with Crippen LogP contribution >= 0.6 is 0 Å². The Bertz CT molecular complexity index is 953. The summed E-state index contributed by atoms with van der Waals surface area (Å²) < 4.78 is 11.0. The van der Waals surface area contributed by atoms with Gasteiger partial charge in [0, 0.05) is 17.5 Å². The lowest BCUT2D eigenvalue weighted by Gasteiger charge is -2.12. The number of H-pyrrole nitrogens is 1. The molecule has 7 heteroatoms. The lowest BCUT2D eigenvalue weighted by atomic mass is 10.1. The van der Waals surface area contributed by atoms with Crippen molar-refractivity contribution in [3.8, 4) is 11.5 Å². The smallest absolute Gasteiger partial charge is 0.294 e. The minimum Gasteiger partial charge on any atom is -0.488 e. The fraction of sp³-hybridized carbons (Fsp3) is 0.350. The van der Waals surface area contributed by atoms with Gasteiger partial charge in [0.05, 0.1) is 17.5 Å². The van der Waals surface area contributed by atoms with Crippen LogP contribution in [-0.2, 0) is 0 Å². The van der Waals surface area contributed by atoms with Gasteiger partial charge in [-0.25, -0.2) is 0 Å². The molecule has 1 aromatic carbocycles. The van der Waals surface area contributed by atoms with Gasteiger partial charge in [-0.1, -0.05) is 17.2 Å². The van der Waals surface area contributed by atoms with Crippen LogP contribution in [0.4, 0.5) is 5.69 Å². The molecule has 0 spiro atoms. The highest BCUT2D eigenvalue weighted by Crippen LogP contribution is 2.33. The van der Waals surface area contributed by atoms with Gasteiger partial charge in [0.2, 0.25) is 5.75 Å². The fourth-order valence-corrected chi connectivity index (χ4v) is 2.64. The standard InChI is InChI=1S/C20H24N2O5/c1-13(2)6-5-7-14(3)10-11-27-18-16-9-8-15(22(24)25)12-17(16)21-20(23)19(18)26-4/h6,8-10,12H,5,7,11H2,1-4H3,(H,21,23). The summed E-state index contributed by atoms with van der Waals surface area (Å²) in [6.07, 6.45) is 6.02. The molecule has 1 aromatic heterocycles. The van der Waals surface area contributed by atoms with E-state index in [1.54, 1.807) is 6.07 Å². The van der Waals surface area contributed by atoms with Gasteiger partial charge in [-0.15, -0.1) is 0 Å². The Balaban J connectivity index is 2.29. The molecular weight excluding hydrogens is 348 g/mol. The highest BCUT2D eigenvalue weighted by Gasteiger charge is 2.17. The van der Waals surface area contributed by atoms with Crippen molar-refractivity contribution in [3.63, 3.8) is 0 Å². The van der Waals surface area contributed by atoms with Crippen molar-refractivity contribution in [2.24, 2.45) is 0 Å². The van der Waals surface area contributed by atoms with Crippen LogP contribution in [0.15, 0.2) is 46.3 Å². The number of benzene rings is 1. The number of nitrogens with zero attached hydrogens (tertiary/aromatic N) is 1. The van der Waals surface area contributed by atoms with Crippen molar-refractivity contribution in [3.05, 3.63) is 62.0 Å². The van der Waals surface area contributed by atoms with Crippen LogP contribution in [0.1, 0.15) is 33.6 Å². The number of hydrogen-bond donors (Lipinski definition) is 1. The lowest BCUT2D eigenvalue weighted by molar-refractivity contribution is -0.384. The van der Waals surface area contributed by atoms with E-state index in [4.69, 9.17) is 9.47 Å². The molecule has 0 bridgehead atoms. The average molecular weight is 372 g/mol. The van der Waals surface area contributed by atoms with Crippen LogP contribution in [-0.4, -0.2) is 23.6 Å². The predicted molar refractivity (Wildman–Crippen MR) is 106 cm³/mol. The number of ether oxygens (including phenoxy) is 2. The lowest BCUT2D eigenvalue weighted by Crippen LogP contribution is -2.12. The van der Waals surface area contributed by atoms with E-state index < -0.39 is 10.5 Å². The third kappa shape index (κ3) is 5.20. The maximum atomic E-state index is 12.2.